The Morgan fingerprint density at radius 3 is 2.00 bits per heavy atom. The van der Waals surface area contributed by atoms with E-state index >= 15 is 0 Å². The predicted molar refractivity (Wildman–Crippen MR) is 72.0 cm³/mol. The average Bonchev–Trinajstić information content (AvgIpc) is 2.31. The van der Waals surface area contributed by atoms with Crippen molar-refractivity contribution in [3.05, 3.63) is 0 Å². The second-order valence-corrected chi connectivity index (χ2v) is 7.63. The highest BCUT2D eigenvalue weighted by atomic mass is 28.4. The van der Waals surface area contributed by atoms with Gasteiger partial charge in [-0.15, -0.1) is 0 Å². The molecule has 0 aliphatic heterocycles. The Morgan fingerprint density at radius 1 is 1.06 bits per heavy atom. The lowest BCUT2D eigenvalue weighted by molar-refractivity contribution is 0.122. The van der Waals surface area contributed by atoms with Crippen LogP contribution in [0.25, 0.3) is 0 Å². The molecule has 104 valence electrons. The molecule has 0 aliphatic carbocycles. The van der Waals surface area contributed by atoms with Crippen LogP contribution in [0, 0.1) is 0 Å². The molecule has 0 aromatic heterocycles. The average molecular weight is 264 g/mol. The monoisotopic (exact) mass is 264 g/mol. The lowest BCUT2D eigenvalue weighted by atomic mass is 10.1. The molecule has 0 aliphatic rings. The molecule has 0 amide bonds. The van der Waals surface area contributed by atoms with E-state index in [-0.39, 0.29) is 6.04 Å². The molecule has 5 nitrogen and oxygen atoms in total. The fourth-order valence-electron chi connectivity index (χ4n) is 1.73. The van der Waals surface area contributed by atoms with Crippen LogP contribution in [0.15, 0.2) is 0 Å². The quantitative estimate of drug-likeness (QED) is 0.595. The fraction of sp³-hybridized carbons (Fsp3) is 1.00. The van der Waals surface area contributed by atoms with Crippen molar-refractivity contribution in [2.24, 2.45) is 5.73 Å². The van der Waals surface area contributed by atoms with Gasteiger partial charge in [-0.2, -0.15) is 0 Å². The molecule has 0 fully saturated rings. The Labute approximate surface area is 107 Å². The van der Waals surface area contributed by atoms with E-state index in [4.69, 9.17) is 19.0 Å². The molecule has 0 rings (SSSR count). The Hall–Kier alpha value is 0.0169. The Balaban J connectivity index is 3.84. The highest BCUT2D eigenvalue weighted by molar-refractivity contribution is 6.60. The van der Waals surface area contributed by atoms with Crippen molar-refractivity contribution in [2.75, 3.05) is 42.0 Å². The van der Waals surface area contributed by atoms with E-state index in [0.29, 0.717) is 0 Å². The standard InChI is InChI=1S/C11H28N2O3Si/c1-13(2)9-6-7-11(12)8-10-17(14-3,15-4)16-5/h11H,6-10,12H2,1-5H3. The topological polar surface area (TPSA) is 57.0 Å². The molecule has 1 unspecified atom stereocenters. The maximum atomic E-state index is 6.07. The van der Waals surface area contributed by atoms with E-state index in [2.05, 4.69) is 19.0 Å². The van der Waals surface area contributed by atoms with Gasteiger partial charge in [0.15, 0.2) is 0 Å². The summed E-state index contributed by atoms with van der Waals surface area (Å²) in [6.45, 7) is 1.08. The second-order valence-electron chi connectivity index (χ2n) is 4.54. The molecular weight excluding hydrogens is 236 g/mol. The first-order valence-corrected chi connectivity index (χ1v) is 7.98. The molecule has 0 aromatic carbocycles. The first kappa shape index (κ1) is 17.0. The van der Waals surface area contributed by atoms with Crippen LogP contribution in [0.3, 0.4) is 0 Å². The van der Waals surface area contributed by atoms with Crippen molar-refractivity contribution in [1.82, 2.24) is 4.90 Å². The van der Waals surface area contributed by atoms with Gasteiger partial charge in [-0.3, -0.25) is 0 Å². The van der Waals surface area contributed by atoms with Gasteiger partial charge in [-0.05, 0) is 39.9 Å². The number of nitrogens with two attached hydrogens (primary N) is 1. The highest BCUT2D eigenvalue weighted by Crippen LogP contribution is 2.17. The van der Waals surface area contributed by atoms with Gasteiger partial charge in [0.1, 0.15) is 0 Å². The van der Waals surface area contributed by atoms with Crippen molar-refractivity contribution in [2.45, 2.75) is 31.3 Å². The molecule has 0 aromatic rings. The smallest absolute Gasteiger partial charge is 0.377 e. The first-order chi connectivity index (χ1) is 7.99. The van der Waals surface area contributed by atoms with Crippen molar-refractivity contribution in [3.63, 3.8) is 0 Å². The summed E-state index contributed by atoms with van der Waals surface area (Å²) in [6, 6.07) is 0.974. The summed E-state index contributed by atoms with van der Waals surface area (Å²) >= 11 is 0. The van der Waals surface area contributed by atoms with Crippen LogP contribution in [0.1, 0.15) is 19.3 Å². The lowest BCUT2D eigenvalue weighted by Gasteiger charge is -2.25. The molecule has 6 heteroatoms. The zero-order chi connectivity index (χ0) is 13.3. The summed E-state index contributed by atoms with van der Waals surface area (Å²) < 4.78 is 16.1. The van der Waals surface area contributed by atoms with Crippen LogP contribution in [0.2, 0.25) is 6.04 Å². The molecule has 0 bridgehead atoms. The van der Waals surface area contributed by atoms with Gasteiger partial charge in [0.05, 0.1) is 0 Å². The van der Waals surface area contributed by atoms with Crippen molar-refractivity contribution in [1.29, 1.82) is 0 Å². The van der Waals surface area contributed by atoms with Gasteiger partial charge in [0.2, 0.25) is 0 Å². The lowest BCUT2D eigenvalue weighted by Crippen LogP contribution is -2.43. The second kappa shape index (κ2) is 9.01. The zero-order valence-electron chi connectivity index (χ0n) is 11.9. The molecule has 1 atom stereocenters. The molecule has 0 radical (unpaired) electrons. The third kappa shape index (κ3) is 7.12. The van der Waals surface area contributed by atoms with E-state index < -0.39 is 8.80 Å². The third-order valence-corrected chi connectivity index (χ3v) is 5.70. The van der Waals surface area contributed by atoms with Gasteiger partial charge in [0, 0.05) is 33.4 Å². The third-order valence-electron chi connectivity index (χ3n) is 2.93. The summed E-state index contributed by atoms with van der Waals surface area (Å²) in [4.78, 5) is 2.17. The van der Waals surface area contributed by atoms with Gasteiger partial charge in [-0.1, -0.05) is 0 Å². The minimum absolute atomic E-state index is 0.197. The van der Waals surface area contributed by atoms with Gasteiger partial charge in [0.25, 0.3) is 0 Å². The number of hydrogen-bond acceptors (Lipinski definition) is 5. The molecule has 0 spiro atoms. The maximum Gasteiger partial charge on any atom is 0.500 e. The van der Waals surface area contributed by atoms with E-state index in [1.165, 1.54) is 0 Å². The normalized spacial score (nSPS) is 14.3. The molecule has 0 heterocycles. The largest absolute Gasteiger partial charge is 0.500 e. The minimum atomic E-state index is -2.43. The summed E-state index contributed by atoms with van der Waals surface area (Å²) in [5, 5.41) is 0. The minimum Gasteiger partial charge on any atom is -0.377 e. The van der Waals surface area contributed by atoms with Crippen LogP contribution >= 0.6 is 0 Å². The van der Waals surface area contributed by atoms with Crippen LogP contribution in [0.5, 0.6) is 0 Å². The van der Waals surface area contributed by atoms with Crippen LogP contribution in [0.4, 0.5) is 0 Å². The van der Waals surface area contributed by atoms with Gasteiger partial charge in [-0.25, -0.2) is 0 Å². The number of hydrogen-bond donors (Lipinski definition) is 1. The number of rotatable bonds is 10. The Bertz CT molecular complexity index is 181. The molecule has 0 saturated carbocycles. The van der Waals surface area contributed by atoms with Crippen molar-refractivity contribution < 1.29 is 13.3 Å². The van der Waals surface area contributed by atoms with Gasteiger partial charge < -0.3 is 23.9 Å². The van der Waals surface area contributed by atoms with Crippen LogP contribution in [-0.4, -0.2) is 61.7 Å². The molecule has 2 N–H and O–H groups in total. The Kier molecular flexibility index (Phi) is 9.02. The molecular formula is C11H28N2O3Si. The SMILES string of the molecule is CO[Si](CCC(N)CCCN(C)C)(OC)OC. The predicted octanol–water partition coefficient (Wildman–Crippen LogP) is 0.924. The van der Waals surface area contributed by atoms with E-state index in [1.54, 1.807) is 21.3 Å². The number of nitrogens with zero attached hydrogens (tertiary/aromatic N) is 1. The van der Waals surface area contributed by atoms with Gasteiger partial charge >= 0.3 is 8.80 Å². The maximum absolute atomic E-state index is 6.07. The fourth-order valence-corrected chi connectivity index (χ4v) is 3.57. The Morgan fingerprint density at radius 2 is 1.59 bits per heavy atom. The first-order valence-electron chi connectivity index (χ1n) is 6.05. The van der Waals surface area contributed by atoms with Crippen molar-refractivity contribution in [3.8, 4) is 0 Å². The zero-order valence-corrected chi connectivity index (χ0v) is 12.9. The van der Waals surface area contributed by atoms with E-state index in [1.807, 2.05) is 0 Å². The van der Waals surface area contributed by atoms with Crippen LogP contribution in [-0.2, 0) is 13.3 Å². The molecule has 17 heavy (non-hydrogen) atoms. The summed E-state index contributed by atoms with van der Waals surface area (Å²) in [6.07, 6.45) is 3.03. The highest BCUT2D eigenvalue weighted by Gasteiger charge is 2.37. The summed E-state index contributed by atoms with van der Waals surface area (Å²) in [7, 11) is 6.62. The van der Waals surface area contributed by atoms with E-state index in [0.717, 1.165) is 31.9 Å². The van der Waals surface area contributed by atoms with Crippen LogP contribution < -0.4 is 5.73 Å². The summed E-state index contributed by atoms with van der Waals surface area (Å²) in [5.74, 6) is 0. The van der Waals surface area contributed by atoms with Crippen molar-refractivity contribution >= 4 is 8.80 Å². The summed E-state index contributed by atoms with van der Waals surface area (Å²) in [5.41, 5.74) is 6.07. The van der Waals surface area contributed by atoms with E-state index in [9.17, 15) is 0 Å². The molecule has 0 saturated heterocycles.